The van der Waals surface area contributed by atoms with Crippen molar-refractivity contribution in [1.29, 1.82) is 0 Å². The van der Waals surface area contributed by atoms with Crippen LogP contribution in [0.5, 0.6) is 0 Å². The fraction of sp³-hybridized carbons (Fsp3) is 0.350. The summed E-state index contributed by atoms with van der Waals surface area (Å²) in [6, 6.07) is 14.8. The van der Waals surface area contributed by atoms with E-state index in [1.165, 1.54) is 11.6 Å². The Kier molecular flexibility index (Phi) is 6.49. The molecule has 0 aromatic heterocycles. The molecular formula is C20H24ClN4O3+. The Morgan fingerprint density at radius 1 is 1.14 bits per heavy atom. The quantitative estimate of drug-likeness (QED) is 0.587. The zero-order chi connectivity index (χ0) is 20.1. The second-order valence-electron chi connectivity index (χ2n) is 7.05. The minimum atomic E-state index is -0.416. The smallest absolute Gasteiger partial charge is 0.294 e. The van der Waals surface area contributed by atoms with E-state index in [0.29, 0.717) is 43.4 Å². The average Bonchev–Trinajstić information content (AvgIpc) is 2.68. The van der Waals surface area contributed by atoms with Crippen LogP contribution in [-0.4, -0.2) is 55.5 Å². The van der Waals surface area contributed by atoms with E-state index < -0.39 is 4.92 Å². The van der Waals surface area contributed by atoms with Crippen LogP contribution in [0.25, 0.3) is 0 Å². The molecule has 1 heterocycles. The monoisotopic (exact) mass is 403 g/mol. The molecule has 8 heteroatoms. The third-order valence-corrected chi connectivity index (χ3v) is 5.14. The predicted octanol–water partition coefficient (Wildman–Crippen LogP) is 1.61. The number of nitrogens with one attached hydrogen (secondary N) is 1. The fourth-order valence-corrected chi connectivity index (χ4v) is 3.65. The Balaban J connectivity index is 1.55. The van der Waals surface area contributed by atoms with E-state index in [1.807, 2.05) is 35.0 Å². The molecule has 0 spiro atoms. The number of benzene rings is 2. The molecule has 1 aliphatic rings. The number of nitro benzene ring substituents is 1. The minimum Gasteiger partial charge on any atom is -0.362 e. The molecule has 0 saturated carbocycles. The molecule has 1 atom stereocenters. The minimum absolute atomic E-state index is 0.000634. The summed E-state index contributed by atoms with van der Waals surface area (Å²) in [7, 11) is 2.01. The number of hydrogen-bond donors (Lipinski definition) is 1. The van der Waals surface area contributed by atoms with Crippen molar-refractivity contribution in [3.05, 3.63) is 69.2 Å². The molecule has 28 heavy (non-hydrogen) atoms. The molecular weight excluding hydrogens is 380 g/mol. The van der Waals surface area contributed by atoms with Crippen molar-refractivity contribution >= 4 is 28.9 Å². The van der Waals surface area contributed by atoms with Crippen molar-refractivity contribution < 1.29 is 14.6 Å². The number of rotatable bonds is 6. The van der Waals surface area contributed by atoms with Crippen LogP contribution < -0.4 is 9.80 Å². The van der Waals surface area contributed by atoms with Crippen molar-refractivity contribution in [2.24, 2.45) is 0 Å². The summed E-state index contributed by atoms with van der Waals surface area (Å²) in [6.45, 7) is 3.45. The summed E-state index contributed by atoms with van der Waals surface area (Å²) in [5, 5.41) is 11.7. The normalized spacial score (nSPS) is 15.4. The molecule has 148 valence electrons. The number of nitro groups is 1. The van der Waals surface area contributed by atoms with Crippen LogP contribution >= 0.6 is 11.6 Å². The van der Waals surface area contributed by atoms with Gasteiger partial charge in [-0.3, -0.25) is 14.9 Å². The van der Waals surface area contributed by atoms with Gasteiger partial charge < -0.3 is 14.7 Å². The molecule has 0 radical (unpaired) electrons. The molecule has 3 rings (SSSR count). The number of amides is 1. The van der Waals surface area contributed by atoms with E-state index in [9.17, 15) is 14.9 Å². The van der Waals surface area contributed by atoms with E-state index in [0.717, 1.165) is 11.4 Å². The zero-order valence-corrected chi connectivity index (χ0v) is 16.6. The SMILES string of the molecule is C[NH+](CC(=O)N1CCN(c2ccc(Cl)cc2[N+](=O)[O-])CC1)Cc1ccccc1. The van der Waals surface area contributed by atoms with Gasteiger partial charge in [0, 0.05) is 42.8 Å². The summed E-state index contributed by atoms with van der Waals surface area (Å²) in [5.74, 6) is 0.110. The maximum atomic E-state index is 12.6. The van der Waals surface area contributed by atoms with E-state index in [4.69, 9.17) is 11.6 Å². The van der Waals surface area contributed by atoms with Gasteiger partial charge in [-0.05, 0) is 12.1 Å². The van der Waals surface area contributed by atoms with Crippen LogP contribution in [0.1, 0.15) is 5.56 Å². The van der Waals surface area contributed by atoms with Crippen LogP contribution in [0.4, 0.5) is 11.4 Å². The van der Waals surface area contributed by atoms with Gasteiger partial charge in [0.1, 0.15) is 12.2 Å². The van der Waals surface area contributed by atoms with Gasteiger partial charge in [-0.25, -0.2) is 0 Å². The lowest BCUT2D eigenvalue weighted by Gasteiger charge is -2.36. The summed E-state index contributed by atoms with van der Waals surface area (Å²) < 4.78 is 0. The van der Waals surface area contributed by atoms with Gasteiger partial charge in [0.2, 0.25) is 0 Å². The molecule has 7 nitrogen and oxygen atoms in total. The summed E-state index contributed by atoms with van der Waals surface area (Å²) in [6.07, 6.45) is 0. The Hall–Kier alpha value is -2.64. The molecule has 1 N–H and O–H groups in total. The first-order valence-electron chi connectivity index (χ1n) is 9.26. The lowest BCUT2D eigenvalue weighted by Crippen LogP contribution is -3.09. The molecule has 1 aliphatic heterocycles. The topological polar surface area (TPSA) is 71.1 Å². The second kappa shape index (κ2) is 9.03. The van der Waals surface area contributed by atoms with Gasteiger partial charge >= 0.3 is 0 Å². The number of quaternary nitrogens is 1. The van der Waals surface area contributed by atoms with Crippen LogP contribution in [0, 0.1) is 10.1 Å². The van der Waals surface area contributed by atoms with Gasteiger partial charge in [-0.15, -0.1) is 0 Å². The number of carbonyl (C=O) groups is 1. The van der Waals surface area contributed by atoms with Crippen LogP contribution in [0.2, 0.25) is 5.02 Å². The summed E-state index contributed by atoms with van der Waals surface area (Å²) in [4.78, 5) is 28.4. The van der Waals surface area contributed by atoms with Crippen molar-refractivity contribution in [2.75, 3.05) is 44.7 Å². The first kappa shape index (κ1) is 20.1. The lowest BCUT2D eigenvalue weighted by atomic mass is 10.2. The fourth-order valence-electron chi connectivity index (χ4n) is 3.48. The second-order valence-corrected chi connectivity index (χ2v) is 7.49. The number of carbonyl (C=O) groups excluding carboxylic acids is 1. The van der Waals surface area contributed by atoms with Gasteiger partial charge in [0.05, 0.1) is 12.0 Å². The van der Waals surface area contributed by atoms with Crippen LogP contribution in [-0.2, 0) is 11.3 Å². The molecule has 1 saturated heterocycles. The van der Waals surface area contributed by atoms with Crippen molar-refractivity contribution in [3.63, 3.8) is 0 Å². The van der Waals surface area contributed by atoms with E-state index in [2.05, 4.69) is 12.1 Å². The van der Waals surface area contributed by atoms with Crippen LogP contribution in [0.15, 0.2) is 48.5 Å². The van der Waals surface area contributed by atoms with Crippen LogP contribution in [0.3, 0.4) is 0 Å². The third kappa shape index (κ3) is 4.99. The highest BCUT2D eigenvalue weighted by Crippen LogP contribution is 2.31. The maximum absolute atomic E-state index is 12.6. The highest BCUT2D eigenvalue weighted by Gasteiger charge is 2.27. The number of piperazine rings is 1. The Labute approximate surface area is 169 Å². The molecule has 0 bridgehead atoms. The molecule has 0 aliphatic carbocycles. The van der Waals surface area contributed by atoms with Gasteiger partial charge in [-0.2, -0.15) is 0 Å². The van der Waals surface area contributed by atoms with Crippen molar-refractivity contribution in [3.8, 4) is 0 Å². The summed E-state index contributed by atoms with van der Waals surface area (Å²) >= 11 is 5.89. The van der Waals surface area contributed by atoms with Crippen molar-refractivity contribution in [2.45, 2.75) is 6.54 Å². The highest BCUT2D eigenvalue weighted by molar-refractivity contribution is 6.30. The van der Waals surface area contributed by atoms with E-state index >= 15 is 0 Å². The standard InChI is InChI=1S/C20H23ClN4O3/c1-22(14-16-5-3-2-4-6-16)15-20(26)24-11-9-23(10-12-24)18-8-7-17(21)13-19(18)25(27)28/h2-8,13H,9-12,14-15H2,1H3/p+1. The first-order chi connectivity index (χ1) is 13.4. The number of anilines is 1. The molecule has 1 amide bonds. The predicted molar refractivity (Wildman–Crippen MR) is 109 cm³/mol. The number of nitrogens with zero attached hydrogens (tertiary/aromatic N) is 3. The third-order valence-electron chi connectivity index (χ3n) is 4.91. The Bertz CT molecular complexity index is 839. The van der Waals surface area contributed by atoms with E-state index in [-0.39, 0.29) is 11.6 Å². The molecule has 2 aromatic carbocycles. The van der Waals surface area contributed by atoms with Gasteiger partial charge in [0.15, 0.2) is 6.54 Å². The summed E-state index contributed by atoms with van der Waals surface area (Å²) in [5.41, 5.74) is 1.75. The largest absolute Gasteiger partial charge is 0.362 e. The maximum Gasteiger partial charge on any atom is 0.294 e. The average molecular weight is 404 g/mol. The number of hydrogen-bond acceptors (Lipinski definition) is 4. The first-order valence-corrected chi connectivity index (χ1v) is 9.63. The molecule has 1 unspecified atom stereocenters. The lowest BCUT2D eigenvalue weighted by molar-refractivity contribution is -0.885. The van der Waals surface area contributed by atoms with E-state index in [1.54, 1.807) is 12.1 Å². The highest BCUT2D eigenvalue weighted by atomic mass is 35.5. The molecule has 1 fully saturated rings. The Morgan fingerprint density at radius 2 is 1.82 bits per heavy atom. The zero-order valence-electron chi connectivity index (χ0n) is 15.8. The molecule has 2 aromatic rings. The van der Waals surface area contributed by atoms with Gasteiger partial charge in [0.25, 0.3) is 11.6 Å². The Morgan fingerprint density at radius 3 is 2.46 bits per heavy atom. The number of halogens is 1. The van der Waals surface area contributed by atoms with Crippen molar-refractivity contribution in [1.82, 2.24) is 4.90 Å². The number of likely N-dealkylation sites (N-methyl/N-ethyl adjacent to an activating group) is 1. The van der Waals surface area contributed by atoms with Gasteiger partial charge in [-0.1, -0.05) is 41.9 Å².